The van der Waals surface area contributed by atoms with Crippen LogP contribution in [0.2, 0.25) is 5.02 Å². The lowest BCUT2D eigenvalue weighted by atomic mass is 9.73. The van der Waals surface area contributed by atoms with Crippen molar-refractivity contribution in [3.05, 3.63) is 93.4 Å². The summed E-state index contributed by atoms with van der Waals surface area (Å²) >= 11 is 9.40. The summed E-state index contributed by atoms with van der Waals surface area (Å²) in [5.74, 6) is -2.28. The van der Waals surface area contributed by atoms with E-state index in [0.717, 1.165) is 10.9 Å². The SMILES string of the molecule is O=C(COC(=O)c1cccc(N2C(=O)[C@@H]3CC[C@H](c4ccccc4)C[C@H]3C2=O)c1)Nc1ccc(Br)cc1Cl. The van der Waals surface area contributed by atoms with E-state index in [9.17, 15) is 19.2 Å². The van der Waals surface area contributed by atoms with Crippen molar-refractivity contribution in [3.63, 3.8) is 0 Å². The highest BCUT2D eigenvalue weighted by Crippen LogP contribution is 2.45. The third-order valence-corrected chi connectivity index (χ3v) is 7.88. The largest absolute Gasteiger partial charge is 0.452 e. The number of fused-ring (bicyclic) bond motifs is 1. The van der Waals surface area contributed by atoms with Crippen LogP contribution in [0, 0.1) is 11.8 Å². The average molecular weight is 596 g/mol. The van der Waals surface area contributed by atoms with Crippen LogP contribution < -0.4 is 10.2 Å². The van der Waals surface area contributed by atoms with Crippen molar-refractivity contribution in [3.8, 4) is 0 Å². The van der Waals surface area contributed by atoms with Crippen LogP contribution in [0.5, 0.6) is 0 Å². The second-order valence-electron chi connectivity index (χ2n) is 9.44. The van der Waals surface area contributed by atoms with Crippen molar-refractivity contribution >= 4 is 62.6 Å². The summed E-state index contributed by atoms with van der Waals surface area (Å²) in [6.07, 6.45) is 2.11. The molecular weight excluding hydrogens is 572 g/mol. The molecule has 2 fully saturated rings. The Bertz CT molecular complexity index is 1410. The quantitative estimate of drug-likeness (QED) is 0.280. The van der Waals surface area contributed by atoms with Gasteiger partial charge in [0.1, 0.15) is 0 Å². The minimum absolute atomic E-state index is 0.134. The first-order valence-electron chi connectivity index (χ1n) is 12.3. The molecule has 0 unspecified atom stereocenters. The molecule has 38 heavy (non-hydrogen) atoms. The highest BCUT2D eigenvalue weighted by atomic mass is 79.9. The first kappa shape index (κ1) is 26.1. The Kier molecular flexibility index (Phi) is 7.63. The van der Waals surface area contributed by atoms with E-state index in [1.165, 1.54) is 22.6 Å². The fourth-order valence-corrected chi connectivity index (χ4v) is 5.95. The van der Waals surface area contributed by atoms with E-state index in [4.69, 9.17) is 16.3 Å². The van der Waals surface area contributed by atoms with Crippen LogP contribution in [0.1, 0.15) is 41.1 Å². The molecule has 5 rings (SSSR count). The molecule has 1 saturated carbocycles. The lowest BCUT2D eigenvalue weighted by Gasteiger charge is -2.28. The van der Waals surface area contributed by atoms with Gasteiger partial charge in [-0.15, -0.1) is 0 Å². The molecule has 1 aliphatic carbocycles. The van der Waals surface area contributed by atoms with Crippen molar-refractivity contribution < 1.29 is 23.9 Å². The number of rotatable bonds is 6. The second-order valence-corrected chi connectivity index (χ2v) is 10.8. The number of halogens is 2. The molecule has 3 aromatic rings. The molecule has 0 radical (unpaired) electrons. The number of nitrogens with zero attached hydrogens (tertiary/aromatic N) is 1. The third-order valence-electron chi connectivity index (χ3n) is 7.08. The predicted molar refractivity (Wildman–Crippen MR) is 147 cm³/mol. The molecule has 3 aromatic carbocycles. The van der Waals surface area contributed by atoms with Crippen LogP contribution in [0.25, 0.3) is 0 Å². The standard InChI is InChI=1S/C29H24BrClN2O5/c30-20-10-12-25(24(31)15-20)32-26(34)16-38-29(37)19-7-4-8-21(13-19)33-27(35)22-11-9-18(14-23(22)28(33)36)17-5-2-1-3-6-17/h1-8,10,12-13,15,18,22-23H,9,11,14,16H2,(H,32,34)/t18-,22+,23+/m0/s1. The van der Waals surface area contributed by atoms with Crippen molar-refractivity contribution in [1.29, 1.82) is 0 Å². The predicted octanol–water partition coefficient (Wildman–Crippen LogP) is 5.97. The van der Waals surface area contributed by atoms with E-state index in [1.807, 2.05) is 18.2 Å². The molecule has 2 aliphatic rings. The number of ether oxygens (including phenoxy) is 1. The highest BCUT2D eigenvalue weighted by molar-refractivity contribution is 9.10. The average Bonchev–Trinajstić information content (AvgIpc) is 3.18. The second kappa shape index (κ2) is 11.1. The van der Waals surface area contributed by atoms with Gasteiger partial charge >= 0.3 is 5.97 Å². The lowest BCUT2D eigenvalue weighted by Crippen LogP contribution is -2.31. The Morgan fingerprint density at radius 2 is 1.71 bits per heavy atom. The maximum absolute atomic E-state index is 13.4. The topological polar surface area (TPSA) is 92.8 Å². The summed E-state index contributed by atoms with van der Waals surface area (Å²) in [5, 5.41) is 2.92. The zero-order chi connectivity index (χ0) is 26.8. The van der Waals surface area contributed by atoms with Crippen molar-refractivity contribution in [2.45, 2.75) is 25.2 Å². The minimum atomic E-state index is -0.746. The summed E-state index contributed by atoms with van der Waals surface area (Å²) in [6, 6.07) is 21.2. The number of benzene rings is 3. The van der Waals surface area contributed by atoms with Crippen molar-refractivity contribution in [1.82, 2.24) is 0 Å². The van der Waals surface area contributed by atoms with Gasteiger partial charge in [0.2, 0.25) is 11.8 Å². The van der Waals surface area contributed by atoms with E-state index in [-0.39, 0.29) is 35.1 Å². The van der Waals surface area contributed by atoms with Crippen LogP contribution >= 0.6 is 27.5 Å². The number of nitrogens with one attached hydrogen (secondary N) is 1. The van der Waals surface area contributed by atoms with Crippen LogP contribution in [0.3, 0.4) is 0 Å². The monoisotopic (exact) mass is 594 g/mol. The van der Waals surface area contributed by atoms with E-state index < -0.39 is 18.5 Å². The number of hydrogen-bond donors (Lipinski definition) is 1. The van der Waals surface area contributed by atoms with E-state index in [0.29, 0.717) is 29.2 Å². The number of imide groups is 1. The van der Waals surface area contributed by atoms with Crippen LogP contribution in [-0.4, -0.2) is 30.3 Å². The molecule has 0 spiro atoms. The fraction of sp³-hybridized carbons (Fsp3) is 0.241. The Morgan fingerprint density at radius 3 is 2.47 bits per heavy atom. The molecular formula is C29H24BrClN2O5. The molecule has 1 aliphatic heterocycles. The molecule has 1 N–H and O–H groups in total. The number of esters is 1. The summed E-state index contributed by atoms with van der Waals surface area (Å²) in [6.45, 7) is -0.526. The Hall–Kier alpha value is -3.49. The zero-order valence-corrected chi connectivity index (χ0v) is 22.6. The number of carbonyl (C=O) groups excluding carboxylic acids is 4. The number of amides is 3. The summed E-state index contributed by atoms with van der Waals surface area (Å²) in [5.41, 5.74) is 2.03. The van der Waals surface area contributed by atoms with Crippen LogP contribution in [0.4, 0.5) is 11.4 Å². The molecule has 1 saturated heterocycles. The molecule has 3 amide bonds. The molecule has 0 aromatic heterocycles. The number of hydrogen-bond acceptors (Lipinski definition) is 5. The molecule has 0 bridgehead atoms. The number of carbonyl (C=O) groups is 4. The normalized spacial score (nSPS) is 20.7. The minimum Gasteiger partial charge on any atom is -0.452 e. The van der Waals surface area contributed by atoms with Gasteiger partial charge in [-0.1, -0.05) is 63.9 Å². The molecule has 1 heterocycles. The Morgan fingerprint density at radius 1 is 0.947 bits per heavy atom. The summed E-state index contributed by atoms with van der Waals surface area (Å²) in [7, 11) is 0. The van der Waals surface area contributed by atoms with Gasteiger partial charge in [-0.05, 0) is 67.1 Å². The van der Waals surface area contributed by atoms with Gasteiger partial charge in [-0.3, -0.25) is 19.3 Å². The molecule has 7 nitrogen and oxygen atoms in total. The third kappa shape index (κ3) is 5.37. The van der Waals surface area contributed by atoms with Crippen molar-refractivity contribution in [2.75, 3.05) is 16.8 Å². The van der Waals surface area contributed by atoms with Crippen molar-refractivity contribution in [2.24, 2.45) is 11.8 Å². The summed E-state index contributed by atoms with van der Waals surface area (Å²) < 4.78 is 5.92. The van der Waals surface area contributed by atoms with Gasteiger partial charge in [0, 0.05) is 4.47 Å². The molecule has 194 valence electrons. The first-order valence-corrected chi connectivity index (χ1v) is 13.4. The maximum Gasteiger partial charge on any atom is 0.338 e. The maximum atomic E-state index is 13.4. The Labute approximate surface area is 233 Å². The smallest absolute Gasteiger partial charge is 0.338 e. The number of anilines is 2. The van der Waals surface area contributed by atoms with E-state index in [1.54, 1.807) is 30.3 Å². The van der Waals surface area contributed by atoms with Gasteiger partial charge in [0.05, 0.1) is 33.8 Å². The van der Waals surface area contributed by atoms with E-state index in [2.05, 4.69) is 33.4 Å². The van der Waals surface area contributed by atoms with Gasteiger partial charge in [0.25, 0.3) is 5.91 Å². The van der Waals surface area contributed by atoms with Gasteiger partial charge < -0.3 is 10.1 Å². The Balaban J connectivity index is 1.24. The zero-order valence-electron chi connectivity index (χ0n) is 20.2. The molecule has 9 heteroatoms. The van der Waals surface area contributed by atoms with E-state index >= 15 is 0 Å². The van der Waals surface area contributed by atoms with Gasteiger partial charge in [0.15, 0.2) is 6.61 Å². The van der Waals surface area contributed by atoms with Crippen LogP contribution in [0.15, 0.2) is 77.3 Å². The highest BCUT2D eigenvalue weighted by Gasteiger charge is 2.50. The fourth-order valence-electron chi connectivity index (χ4n) is 5.23. The summed E-state index contributed by atoms with van der Waals surface area (Å²) in [4.78, 5) is 52.7. The lowest BCUT2D eigenvalue weighted by molar-refractivity contribution is -0.122. The van der Waals surface area contributed by atoms with Gasteiger partial charge in [-0.2, -0.15) is 0 Å². The van der Waals surface area contributed by atoms with Gasteiger partial charge in [-0.25, -0.2) is 4.79 Å². The first-order chi connectivity index (χ1) is 18.3. The van der Waals surface area contributed by atoms with Crippen LogP contribution in [-0.2, 0) is 19.1 Å². The molecule has 3 atom stereocenters.